The Morgan fingerprint density at radius 1 is 0.284 bits per heavy atom. The van der Waals surface area contributed by atoms with Gasteiger partial charge in [-0.15, -0.1) is 0 Å². The van der Waals surface area contributed by atoms with Crippen molar-refractivity contribution in [3.8, 4) is 0 Å². The Hall–Kier alpha value is -4.19. The molecule has 0 aromatic rings. The van der Waals surface area contributed by atoms with Gasteiger partial charge in [-0.25, -0.2) is 0 Å². The van der Waals surface area contributed by atoms with E-state index in [2.05, 4.69) is 142 Å². The minimum atomic E-state index is -0.806. The number of esters is 3. The van der Waals surface area contributed by atoms with E-state index in [1.54, 1.807) is 0 Å². The van der Waals surface area contributed by atoms with Crippen LogP contribution in [0.4, 0.5) is 0 Å². The van der Waals surface area contributed by atoms with Gasteiger partial charge in [0, 0.05) is 19.3 Å². The Balaban J connectivity index is 4.41. The Kier molecular flexibility index (Phi) is 57.9. The molecule has 0 aliphatic carbocycles. The first kappa shape index (κ1) is 69.8. The highest BCUT2D eigenvalue weighted by Gasteiger charge is 2.19. The van der Waals surface area contributed by atoms with Gasteiger partial charge in [-0.05, 0) is 128 Å². The van der Waals surface area contributed by atoms with Crippen LogP contribution in [0.3, 0.4) is 0 Å². The van der Waals surface area contributed by atoms with Crippen molar-refractivity contribution in [2.75, 3.05) is 13.2 Å². The first-order valence-electron chi connectivity index (χ1n) is 30.5. The molecule has 1 atom stereocenters. The molecular formula is C68H112O6. The SMILES string of the molecule is CC/C=C\C/C=C\C/C=C\C/C=C\C/C=C\CCCCCCCCCCCC(=O)OCC(COC(=O)CCCC/C=C\C/C=C\C/C=C\C/C=C\CC)OC(=O)CCCCCCC/C=C\CCCCCCCCC. The topological polar surface area (TPSA) is 78.9 Å². The second-order valence-electron chi connectivity index (χ2n) is 19.8. The summed E-state index contributed by atoms with van der Waals surface area (Å²) in [5, 5.41) is 0. The van der Waals surface area contributed by atoms with Crippen molar-refractivity contribution < 1.29 is 28.6 Å². The van der Waals surface area contributed by atoms with Gasteiger partial charge in [0.25, 0.3) is 0 Å². The van der Waals surface area contributed by atoms with Gasteiger partial charge in [0.2, 0.25) is 0 Å². The lowest BCUT2D eigenvalue weighted by atomic mass is 10.1. The molecule has 0 aromatic heterocycles. The van der Waals surface area contributed by atoms with Gasteiger partial charge in [-0.2, -0.15) is 0 Å². The molecule has 0 spiro atoms. The average molecular weight is 1030 g/mol. The van der Waals surface area contributed by atoms with E-state index in [0.29, 0.717) is 19.3 Å². The zero-order valence-electron chi connectivity index (χ0n) is 48.1. The zero-order valence-corrected chi connectivity index (χ0v) is 48.1. The van der Waals surface area contributed by atoms with E-state index < -0.39 is 6.10 Å². The van der Waals surface area contributed by atoms with Gasteiger partial charge < -0.3 is 14.2 Å². The Labute approximate surface area is 456 Å². The summed E-state index contributed by atoms with van der Waals surface area (Å²) in [7, 11) is 0. The summed E-state index contributed by atoms with van der Waals surface area (Å²) in [6, 6.07) is 0. The number of hydrogen-bond donors (Lipinski definition) is 0. The number of rotatable bonds is 54. The summed E-state index contributed by atoms with van der Waals surface area (Å²) in [4.78, 5) is 38.2. The molecule has 0 aliphatic rings. The molecular weight excluding hydrogens is 913 g/mol. The predicted octanol–water partition coefficient (Wildman–Crippen LogP) is 20.8. The van der Waals surface area contributed by atoms with Crippen molar-refractivity contribution in [3.05, 3.63) is 122 Å². The minimum Gasteiger partial charge on any atom is -0.462 e. The van der Waals surface area contributed by atoms with Crippen LogP contribution in [0.1, 0.15) is 271 Å². The summed E-state index contributed by atoms with van der Waals surface area (Å²) in [5.74, 6) is -0.955. The average Bonchev–Trinajstić information content (AvgIpc) is 3.40. The lowest BCUT2D eigenvalue weighted by molar-refractivity contribution is -0.167. The molecule has 0 saturated heterocycles. The summed E-state index contributed by atoms with van der Waals surface area (Å²) in [6.07, 6.45) is 84.8. The molecule has 0 bridgehead atoms. The Morgan fingerprint density at radius 2 is 0.527 bits per heavy atom. The highest BCUT2D eigenvalue weighted by molar-refractivity contribution is 5.71. The molecule has 0 aliphatic heterocycles. The Morgan fingerprint density at radius 3 is 0.865 bits per heavy atom. The van der Waals surface area contributed by atoms with Crippen molar-refractivity contribution in [1.82, 2.24) is 0 Å². The van der Waals surface area contributed by atoms with Crippen LogP contribution >= 0.6 is 0 Å². The second kappa shape index (κ2) is 61.4. The molecule has 420 valence electrons. The standard InChI is InChI=1S/C68H112O6/c1-4-7-10-13-16-19-22-25-28-30-31-32-33-34-35-36-37-38-41-43-46-49-52-55-58-61-67(70)73-64-65(63-72-66(69)60-57-54-51-48-45-42-39-27-24-21-18-15-12-9-6-3)74-68(71)62-59-56-53-50-47-44-40-29-26-23-20-17-14-11-8-5-2/h7,9-10,12,16,18-19,21,25,27-29,31-32,34-35,39-40,45,48,65H,4-6,8,11,13-15,17,20,22-24,26,30,33,36-38,41-44,46-47,49-64H2,1-3H3/b10-7-,12-9-,19-16-,21-18-,28-25-,32-31-,35-34-,39-27-,40-29-,48-45-. The number of allylic oxidation sites excluding steroid dienone is 20. The van der Waals surface area contributed by atoms with Crippen molar-refractivity contribution in [2.45, 2.75) is 277 Å². The number of carbonyl (C=O) groups excluding carboxylic acids is 3. The van der Waals surface area contributed by atoms with Crippen LogP contribution in [0, 0.1) is 0 Å². The smallest absolute Gasteiger partial charge is 0.306 e. The normalized spacial score (nSPS) is 13.0. The zero-order chi connectivity index (χ0) is 53.6. The quantitative estimate of drug-likeness (QED) is 0.0261. The fourth-order valence-corrected chi connectivity index (χ4v) is 8.16. The van der Waals surface area contributed by atoms with Gasteiger partial charge in [0.1, 0.15) is 13.2 Å². The van der Waals surface area contributed by atoms with Gasteiger partial charge >= 0.3 is 17.9 Å². The van der Waals surface area contributed by atoms with E-state index in [1.165, 1.54) is 96.3 Å². The maximum absolute atomic E-state index is 12.9. The largest absolute Gasteiger partial charge is 0.462 e. The number of carbonyl (C=O) groups is 3. The van der Waals surface area contributed by atoms with Crippen LogP contribution in [0.5, 0.6) is 0 Å². The van der Waals surface area contributed by atoms with Crippen molar-refractivity contribution in [3.63, 3.8) is 0 Å². The van der Waals surface area contributed by atoms with Crippen LogP contribution in [-0.2, 0) is 28.6 Å². The van der Waals surface area contributed by atoms with Crippen LogP contribution in [-0.4, -0.2) is 37.2 Å². The van der Waals surface area contributed by atoms with Crippen LogP contribution in [0.2, 0.25) is 0 Å². The molecule has 1 unspecified atom stereocenters. The fourth-order valence-electron chi connectivity index (χ4n) is 8.16. The van der Waals surface area contributed by atoms with Crippen molar-refractivity contribution >= 4 is 17.9 Å². The molecule has 0 heterocycles. The molecule has 0 aromatic carbocycles. The van der Waals surface area contributed by atoms with E-state index in [9.17, 15) is 14.4 Å². The monoisotopic (exact) mass is 1020 g/mol. The molecule has 0 N–H and O–H groups in total. The summed E-state index contributed by atoms with van der Waals surface area (Å²) in [5.41, 5.74) is 0. The van der Waals surface area contributed by atoms with Crippen molar-refractivity contribution in [1.29, 1.82) is 0 Å². The first-order valence-corrected chi connectivity index (χ1v) is 30.5. The van der Waals surface area contributed by atoms with Gasteiger partial charge in [-0.3, -0.25) is 14.4 Å². The van der Waals surface area contributed by atoms with Crippen LogP contribution in [0.25, 0.3) is 0 Å². The summed E-state index contributed by atoms with van der Waals surface area (Å²) < 4.78 is 16.9. The first-order chi connectivity index (χ1) is 36.5. The third-order valence-electron chi connectivity index (χ3n) is 12.7. The maximum atomic E-state index is 12.9. The van der Waals surface area contributed by atoms with Gasteiger partial charge in [0.05, 0.1) is 0 Å². The molecule has 6 heteroatoms. The van der Waals surface area contributed by atoms with E-state index in [-0.39, 0.29) is 31.1 Å². The Bertz CT molecular complexity index is 1550. The molecule has 0 fully saturated rings. The van der Waals surface area contributed by atoms with E-state index >= 15 is 0 Å². The summed E-state index contributed by atoms with van der Waals surface area (Å²) >= 11 is 0. The lowest BCUT2D eigenvalue weighted by Gasteiger charge is -2.18. The summed E-state index contributed by atoms with van der Waals surface area (Å²) in [6.45, 7) is 6.37. The maximum Gasteiger partial charge on any atom is 0.306 e. The van der Waals surface area contributed by atoms with Crippen molar-refractivity contribution in [2.24, 2.45) is 0 Å². The number of unbranched alkanes of at least 4 members (excludes halogenated alkanes) is 23. The number of hydrogen-bond acceptors (Lipinski definition) is 6. The van der Waals surface area contributed by atoms with Gasteiger partial charge in [0.15, 0.2) is 6.10 Å². The number of ether oxygens (including phenoxy) is 3. The van der Waals surface area contributed by atoms with E-state index in [0.717, 1.165) is 135 Å². The highest BCUT2D eigenvalue weighted by atomic mass is 16.6. The molecule has 0 amide bonds. The minimum absolute atomic E-state index is 0.1000. The predicted molar refractivity (Wildman–Crippen MR) is 320 cm³/mol. The molecule has 6 nitrogen and oxygen atoms in total. The third-order valence-corrected chi connectivity index (χ3v) is 12.7. The fraction of sp³-hybridized carbons (Fsp3) is 0.662. The lowest BCUT2D eigenvalue weighted by Crippen LogP contribution is -2.30. The molecule has 0 rings (SSSR count). The molecule has 0 radical (unpaired) electrons. The third kappa shape index (κ3) is 58.7. The molecule has 0 saturated carbocycles. The van der Waals surface area contributed by atoms with Crippen LogP contribution < -0.4 is 0 Å². The van der Waals surface area contributed by atoms with Gasteiger partial charge in [-0.1, -0.05) is 245 Å². The second-order valence-corrected chi connectivity index (χ2v) is 19.8. The van der Waals surface area contributed by atoms with E-state index in [1.807, 2.05) is 0 Å². The molecule has 74 heavy (non-hydrogen) atoms. The van der Waals surface area contributed by atoms with Crippen LogP contribution in [0.15, 0.2) is 122 Å². The van der Waals surface area contributed by atoms with E-state index in [4.69, 9.17) is 14.2 Å². The highest BCUT2D eigenvalue weighted by Crippen LogP contribution is 2.15.